The van der Waals surface area contributed by atoms with Crippen LogP contribution in [-0.4, -0.2) is 56.0 Å². The van der Waals surface area contributed by atoms with Crippen LogP contribution in [0.15, 0.2) is 59.0 Å². The molecule has 0 amide bonds. The number of nitrogens with one attached hydrogen (secondary N) is 1. The normalized spacial score (nSPS) is 15.5. The molecule has 1 fully saturated rings. The van der Waals surface area contributed by atoms with Crippen LogP contribution in [0, 0.1) is 0 Å². The fourth-order valence-electron chi connectivity index (χ4n) is 3.60. The highest BCUT2D eigenvalue weighted by Gasteiger charge is 2.29. The molecular weight excluding hydrogens is 418 g/mol. The number of nitrogens with zero attached hydrogens (tertiary/aromatic N) is 4. The van der Waals surface area contributed by atoms with Crippen LogP contribution in [0.4, 0.5) is 11.8 Å². The maximum Gasteiger partial charge on any atom is 0.302 e. The van der Waals surface area contributed by atoms with E-state index in [1.165, 1.54) is 4.31 Å². The minimum absolute atomic E-state index is 0.300. The second-order valence-corrected chi connectivity index (χ2v) is 8.88. The van der Waals surface area contributed by atoms with Gasteiger partial charge in [0.1, 0.15) is 17.1 Å². The molecule has 0 saturated carbocycles. The highest BCUT2D eigenvalue weighted by Crippen LogP contribution is 2.26. The van der Waals surface area contributed by atoms with Gasteiger partial charge in [-0.25, -0.2) is 4.98 Å². The Kier molecular flexibility index (Phi) is 4.87. The van der Waals surface area contributed by atoms with Crippen molar-refractivity contribution in [3.63, 3.8) is 0 Å². The standard InChI is InChI=1S/C21H21N5O4S/c1-29-16-7-8-19-18(14-16)23-21(30-19)25-10-12-26(13-11-25)31(27,28)24-20-9-6-15-4-2-3-5-17(15)22-20/h2-9,14H,10-13H2,1H3,(H,22,24). The van der Waals surface area contributed by atoms with Gasteiger partial charge in [0, 0.05) is 37.6 Å². The summed E-state index contributed by atoms with van der Waals surface area (Å²) in [6, 6.07) is 17.0. The van der Waals surface area contributed by atoms with E-state index in [1.54, 1.807) is 13.2 Å². The van der Waals surface area contributed by atoms with Crippen LogP contribution >= 0.6 is 0 Å². The maximum atomic E-state index is 12.8. The van der Waals surface area contributed by atoms with E-state index < -0.39 is 10.2 Å². The molecule has 0 bridgehead atoms. The molecule has 0 radical (unpaired) electrons. The molecule has 0 atom stereocenters. The molecule has 160 valence electrons. The molecule has 1 saturated heterocycles. The van der Waals surface area contributed by atoms with Gasteiger partial charge in [0.05, 0.1) is 12.6 Å². The van der Waals surface area contributed by atoms with Crippen molar-refractivity contribution in [3.05, 3.63) is 54.6 Å². The van der Waals surface area contributed by atoms with Crippen LogP contribution in [0.2, 0.25) is 0 Å². The molecule has 1 aliphatic rings. The number of oxazole rings is 1. The number of para-hydroxylation sites is 1. The van der Waals surface area contributed by atoms with Crippen LogP contribution in [0.1, 0.15) is 0 Å². The number of piperazine rings is 1. The first-order valence-corrected chi connectivity index (χ1v) is 11.3. The number of aromatic nitrogens is 2. The number of hydrogen-bond acceptors (Lipinski definition) is 7. The summed E-state index contributed by atoms with van der Waals surface area (Å²) < 4.78 is 40.7. The molecule has 3 heterocycles. The average Bonchev–Trinajstić information content (AvgIpc) is 3.22. The van der Waals surface area contributed by atoms with Crippen LogP contribution in [0.5, 0.6) is 5.75 Å². The summed E-state index contributed by atoms with van der Waals surface area (Å²) in [6.07, 6.45) is 0. The monoisotopic (exact) mass is 439 g/mol. The molecule has 5 rings (SSSR count). The molecule has 0 spiro atoms. The Morgan fingerprint density at radius 1 is 0.968 bits per heavy atom. The lowest BCUT2D eigenvalue weighted by Gasteiger charge is -2.32. The van der Waals surface area contributed by atoms with Crippen LogP contribution in [0.3, 0.4) is 0 Å². The third-order valence-corrected chi connectivity index (χ3v) is 6.78. The predicted octanol–water partition coefficient (Wildman–Crippen LogP) is 2.86. The van der Waals surface area contributed by atoms with Crippen molar-refractivity contribution in [2.24, 2.45) is 0 Å². The van der Waals surface area contributed by atoms with E-state index >= 15 is 0 Å². The van der Waals surface area contributed by atoms with Crippen molar-refractivity contribution in [1.82, 2.24) is 14.3 Å². The molecule has 31 heavy (non-hydrogen) atoms. The minimum atomic E-state index is -3.72. The first-order chi connectivity index (χ1) is 15.0. The van der Waals surface area contributed by atoms with Crippen molar-refractivity contribution >= 4 is 44.0 Å². The summed E-state index contributed by atoms with van der Waals surface area (Å²) >= 11 is 0. The Morgan fingerprint density at radius 2 is 1.77 bits per heavy atom. The topological polar surface area (TPSA) is 101 Å². The Morgan fingerprint density at radius 3 is 2.58 bits per heavy atom. The molecule has 9 nitrogen and oxygen atoms in total. The van der Waals surface area contributed by atoms with E-state index in [4.69, 9.17) is 9.15 Å². The zero-order chi connectivity index (χ0) is 21.4. The van der Waals surface area contributed by atoms with Crippen molar-refractivity contribution in [3.8, 4) is 5.75 Å². The minimum Gasteiger partial charge on any atom is -0.497 e. The zero-order valence-corrected chi connectivity index (χ0v) is 17.7. The van der Waals surface area contributed by atoms with E-state index in [-0.39, 0.29) is 0 Å². The van der Waals surface area contributed by atoms with Crippen molar-refractivity contribution in [2.75, 3.05) is 42.9 Å². The zero-order valence-electron chi connectivity index (χ0n) is 16.9. The van der Waals surface area contributed by atoms with Gasteiger partial charge in [0.15, 0.2) is 5.58 Å². The second kappa shape index (κ2) is 7.71. The summed E-state index contributed by atoms with van der Waals surface area (Å²) in [5.74, 6) is 1.01. The van der Waals surface area contributed by atoms with Gasteiger partial charge in [-0.1, -0.05) is 18.2 Å². The lowest BCUT2D eigenvalue weighted by atomic mass is 10.2. The van der Waals surface area contributed by atoms with Gasteiger partial charge in [-0.05, 0) is 30.3 Å². The smallest absolute Gasteiger partial charge is 0.302 e. The SMILES string of the molecule is COc1ccc2oc(N3CCN(S(=O)(=O)Nc4ccc5ccccc5n4)CC3)nc2c1. The highest BCUT2D eigenvalue weighted by atomic mass is 32.2. The number of methoxy groups -OCH3 is 1. The Hall–Kier alpha value is -3.37. The molecule has 0 unspecified atom stereocenters. The fraction of sp³-hybridized carbons (Fsp3) is 0.238. The molecule has 1 aliphatic heterocycles. The molecular formula is C21H21N5O4S. The van der Waals surface area contributed by atoms with E-state index in [2.05, 4.69) is 14.7 Å². The summed E-state index contributed by atoms with van der Waals surface area (Å²) in [4.78, 5) is 10.8. The predicted molar refractivity (Wildman–Crippen MR) is 119 cm³/mol. The van der Waals surface area contributed by atoms with E-state index in [9.17, 15) is 8.42 Å². The number of pyridine rings is 1. The largest absolute Gasteiger partial charge is 0.497 e. The molecule has 4 aromatic rings. The summed E-state index contributed by atoms with van der Waals surface area (Å²) in [5.41, 5.74) is 2.10. The lowest BCUT2D eigenvalue weighted by molar-refractivity contribution is 0.376. The number of anilines is 2. The van der Waals surface area contributed by atoms with Crippen LogP contribution in [0.25, 0.3) is 22.0 Å². The lowest BCUT2D eigenvalue weighted by Crippen LogP contribution is -2.50. The molecule has 1 N–H and O–H groups in total. The van der Waals surface area contributed by atoms with E-state index in [1.807, 2.05) is 53.4 Å². The van der Waals surface area contributed by atoms with Gasteiger partial charge < -0.3 is 14.1 Å². The molecule has 2 aromatic heterocycles. The summed E-state index contributed by atoms with van der Waals surface area (Å²) in [5, 5.41) is 0.954. The Balaban J connectivity index is 1.27. The third-order valence-electron chi connectivity index (χ3n) is 5.26. The van der Waals surface area contributed by atoms with E-state index in [0.717, 1.165) is 10.9 Å². The molecule has 10 heteroatoms. The van der Waals surface area contributed by atoms with Crippen molar-refractivity contribution in [1.29, 1.82) is 0 Å². The average molecular weight is 439 g/mol. The number of ether oxygens (including phenoxy) is 1. The third kappa shape index (κ3) is 3.87. The van der Waals surface area contributed by atoms with Crippen molar-refractivity contribution < 1.29 is 17.6 Å². The Bertz CT molecular complexity index is 1350. The van der Waals surface area contributed by atoms with Gasteiger partial charge in [-0.2, -0.15) is 17.7 Å². The first kappa shape index (κ1) is 19.6. The number of fused-ring (bicyclic) bond motifs is 2. The summed E-state index contributed by atoms with van der Waals surface area (Å²) in [7, 11) is -2.12. The number of rotatable bonds is 5. The van der Waals surface area contributed by atoms with Gasteiger partial charge in [-0.15, -0.1) is 0 Å². The molecule has 0 aliphatic carbocycles. The molecule has 2 aromatic carbocycles. The van der Waals surface area contributed by atoms with Gasteiger partial charge in [0.2, 0.25) is 0 Å². The maximum absolute atomic E-state index is 12.8. The quantitative estimate of drug-likeness (QED) is 0.510. The highest BCUT2D eigenvalue weighted by molar-refractivity contribution is 7.90. The van der Waals surface area contributed by atoms with Gasteiger partial charge in [-0.3, -0.25) is 4.72 Å². The van der Waals surface area contributed by atoms with Gasteiger partial charge in [0.25, 0.3) is 6.01 Å². The first-order valence-electron chi connectivity index (χ1n) is 9.85. The Labute approximate surface area is 179 Å². The number of hydrogen-bond donors (Lipinski definition) is 1. The fourth-order valence-corrected chi connectivity index (χ4v) is 4.75. The van der Waals surface area contributed by atoms with Crippen molar-refractivity contribution in [2.45, 2.75) is 0 Å². The number of benzene rings is 2. The van der Waals surface area contributed by atoms with Crippen LogP contribution < -0.4 is 14.4 Å². The van der Waals surface area contributed by atoms with Gasteiger partial charge >= 0.3 is 10.2 Å². The van der Waals surface area contributed by atoms with E-state index in [0.29, 0.717) is 54.9 Å². The van der Waals surface area contributed by atoms with Crippen LogP contribution in [-0.2, 0) is 10.2 Å². The second-order valence-electron chi connectivity index (χ2n) is 7.21. The summed E-state index contributed by atoms with van der Waals surface area (Å²) in [6.45, 7) is 1.56.